The molecule has 19 heavy (non-hydrogen) atoms. The number of nitrogens with zero attached hydrogens (tertiary/aromatic N) is 2. The van der Waals surface area contributed by atoms with E-state index >= 15 is 0 Å². The van der Waals surface area contributed by atoms with Crippen LogP contribution in [0.2, 0.25) is 15.1 Å². The fraction of sp³-hybridized carbons (Fsp3) is 0.167. The first-order chi connectivity index (χ1) is 9.10. The Bertz CT molecular complexity index is 658. The first kappa shape index (κ1) is 14.0. The van der Waals surface area contributed by atoms with E-state index in [-0.39, 0.29) is 10.0 Å². The van der Waals surface area contributed by atoms with Crippen molar-refractivity contribution in [2.45, 2.75) is 6.92 Å². The van der Waals surface area contributed by atoms with Crippen LogP contribution in [0.25, 0.3) is 11.3 Å². The molecule has 0 atom stereocenters. The number of rotatable bonds is 3. The second kappa shape index (κ2) is 5.70. The Labute approximate surface area is 125 Å². The molecule has 7 heteroatoms. The highest BCUT2D eigenvalue weighted by molar-refractivity contribution is 6.49. The van der Waals surface area contributed by atoms with E-state index in [1.807, 2.05) is 6.92 Å². The van der Waals surface area contributed by atoms with Crippen molar-refractivity contribution in [3.05, 3.63) is 32.8 Å². The maximum absolute atomic E-state index is 9.24. The summed E-state index contributed by atoms with van der Waals surface area (Å²) in [5, 5.41) is 20.0. The highest BCUT2D eigenvalue weighted by atomic mass is 35.5. The maximum atomic E-state index is 9.24. The molecule has 1 aromatic carbocycles. The number of nitriles is 1. The molecule has 0 unspecified atom stereocenters. The van der Waals surface area contributed by atoms with Crippen LogP contribution in [0.15, 0.2) is 12.1 Å². The summed E-state index contributed by atoms with van der Waals surface area (Å²) in [6.07, 6.45) is 0. The average Bonchev–Trinajstić information content (AvgIpc) is 2.79. The fourth-order valence-electron chi connectivity index (χ4n) is 1.66. The van der Waals surface area contributed by atoms with Crippen LogP contribution in [-0.4, -0.2) is 16.7 Å². The molecule has 0 amide bonds. The molecule has 2 N–H and O–H groups in total. The summed E-state index contributed by atoms with van der Waals surface area (Å²) in [4.78, 5) is 0. The predicted molar refractivity (Wildman–Crippen MR) is 77.9 cm³/mol. The minimum absolute atomic E-state index is 0.254. The number of anilines is 1. The van der Waals surface area contributed by atoms with Gasteiger partial charge in [-0.05, 0) is 19.1 Å². The standard InChI is InChI=1S/C12H9Cl3N4/c1-2-17-12-7(5-16)11(18-19-12)6-3-4-8(13)10(15)9(6)14/h3-4H,2H2,1H3,(H2,17,18,19). The number of nitrogens with one attached hydrogen (secondary N) is 2. The third-order valence-corrected chi connectivity index (χ3v) is 3.82. The van der Waals surface area contributed by atoms with E-state index in [1.165, 1.54) is 0 Å². The van der Waals surface area contributed by atoms with E-state index in [0.29, 0.717) is 34.2 Å². The van der Waals surface area contributed by atoms with Crippen molar-refractivity contribution in [1.82, 2.24) is 10.2 Å². The van der Waals surface area contributed by atoms with Gasteiger partial charge in [0.05, 0.1) is 20.8 Å². The summed E-state index contributed by atoms with van der Waals surface area (Å²) in [6.45, 7) is 2.58. The van der Waals surface area contributed by atoms with Crippen LogP contribution in [0.4, 0.5) is 5.82 Å². The van der Waals surface area contributed by atoms with Gasteiger partial charge in [-0.2, -0.15) is 10.4 Å². The topological polar surface area (TPSA) is 64.5 Å². The van der Waals surface area contributed by atoms with Gasteiger partial charge < -0.3 is 5.32 Å². The van der Waals surface area contributed by atoms with Gasteiger partial charge in [-0.25, -0.2) is 0 Å². The third-order valence-electron chi connectivity index (χ3n) is 2.53. The molecule has 0 bridgehead atoms. The number of aromatic nitrogens is 2. The molecular formula is C12H9Cl3N4. The summed E-state index contributed by atoms with van der Waals surface area (Å²) >= 11 is 18.0. The van der Waals surface area contributed by atoms with Crippen molar-refractivity contribution < 1.29 is 0 Å². The molecule has 98 valence electrons. The Kier molecular flexibility index (Phi) is 4.20. The van der Waals surface area contributed by atoms with Crippen molar-refractivity contribution in [3.63, 3.8) is 0 Å². The van der Waals surface area contributed by atoms with Gasteiger partial charge in [0.1, 0.15) is 11.6 Å². The van der Waals surface area contributed by atoms with E-state index in [4.69, 9.17) is 34.8 Å². The summed E-state index contributed by atoms with van der Waals surface area (Å²) in [5.41, 5.74) is 1.49. The normalized spacial score (nSPS) is 10.3. The van der Waals surface area contributed by atoms with Gasteiger partial charge in [0.2, 0.25) is 0 Å². The zero-order valence-corrected chi connectivity index (χ0v) is 12.2. The quantitative estimate of drug-likeness (QED) is 0.828. The molecular weight excluding hydrogens is 307 g/mol. The van der Waals surface area contributed by atoms with E-state index in [0.717, 1.165) is 0 Å². The van der Waals surface area contributed by atoms with Gasteiger partial charge in [0.15, 0.2) is 5.82 Å². The Morgan fingerprint density at radius 1 is 1.32 bits per heavy atom. The van der Waals surface area contributed by atoms with Gasteiger partial charge in [0, 0.05) is 12.1 Å². The SMILES string of the molecule is CCNc1n[nH]c(-c2ccc(Cl)c(Cl)c2Cl)c1C#N. The number of benzene rings is 1. The average molecular weight is 316 g/mol. The summed E-state index contributed by atoms with van der Waals surface area (Å²) in [5.74, 6) is 0.488. The summed E-state index contributed by atoms with van der Waals surface area (Å²) < 4.78 is 0. The van der Waals surface area contributed by atoms with Crippen LogP contribution in [0.3, 0.4) is 0 Å². The van der Waals surface area contributed by atoms with Gasteiger partial charge in [-0.15, -0.1) is 0 Å². The number of hydrogen-bond donors (Lipinski definition) is 2. The first-order valence-electron chi connectivity index (χ1n) is 5.46. The maximum Gasteiger partial charge on any atom is 0.166 e. The monoisotopic (exact) mass is 314 g/mol. The lowest BCUT2D eigenvalue weighted by atomic mass is 10.1. The zero-order chi connectivity index (χ0) is 14.0. The summed E-state index contributed by atoms with van der Waals surface area (Å²) in [6, 6.07) is 5.42. The summed E-state index contributed by atoms with van der Waals surface area (Å²) in [7, 11) is 0. The van der Waals surface area contributed by atoms with Crippen LogP contribution in [-0.2, 0) is 0 Å². The molecule has 1 heterocycles. The van der Waals surface area contributed by atoms with Crippen molar-refractivity contribution in [3.8, 4) is 17.3 Å². The molecule has 0 aliphatic rings. The zero-order valence-electron chi connectivity index (χ0n) is 9.89. The lowest BCUT2D eigenvalue weighted by Crippen LogP contribution is -1.98. The van der Waals surface area contributed by atoms with E-state index in [9.17, 15) is 5.26 Å². The van der Waals surface area contributed by atoms with Crippen molar-refractivity contribution in [1.29, 1.82) is 5.26 Å². The lowest BCUT2D eigenvalue weighted by molar-refractivity contribution is 1.07. The molecule has 0 aliphatic heterocycles. The van der Waals surface area contributed by atoms with Crippen molar-refractivity contribution >= 4 is 40.6 Å². The number of aromatic amines is 1. The van der Waals surface area contributed by atoms with Gasteiger partial charge in [0.25, 0.3) is 0 Å². The number of hydrogen-bond acceptors (Lipinski definition) is 3. The number of halogens is 3. The van der Waals surface area contributed by atoms with Crippen LogP contribution < -0.4 is 5.32 Å². The molecule has 2 aromatic rings. The van der Waals surface area contributed by atoms with Gasteiger partial charge in [-0.1, -0.05) is 34.8 Å². The molecule has 4 nitrogen and oxygen atoms in total. The predicted octanol–water partition coefficient (Wildman–Crippen LogP) is 4.34. The molecule has 2 rings (SSSR count). The largest absolute Gasteiger partial charge is 0.368 e. The Hall–Kier alpha value is -1.41. The molecule has 0 aliphatic carbocycles. The first-order valence-corrected chi connectivity index (χ1v) is 6.59. The van der Waals surface area contributed by atoms with E-state index in [1.54, 1.807) is 12.1 Å². The third kappa shape index (κ3) is 2.50. The van der Waals surface area contributed by atoms with Crippen LogP contribution in [0.1, 0.15) is 12.5 Å². The van der Waals surface area contributed by atoms with Gasteiger partial charge in [-0.3, -0.25) is 5.10 Å². The Morgan fingerprint density at radius 2 is 2.05 bits per heavy atom. The smallest absolute Gasteiger partial charge is 0.166 e. The number of H-pyrrole nitrogens is 1. The van der Waals surface area contributed by atoms with Crippen molar-refractivity contribution in [2.24, 2.45) is 0 Å². The fourth-order valence-corrected chi connectivity index (χ4v) is 2.29. The van der Waals surface area contributed by atoms with Crippen molar-refractivity contribution in [2.75, 3.05) is 11.9 Å². The Balaban J connectivity index is 2.60. The molecule has 0 saturated heterocycles. The van der Waals surface area contributed by atoms with E-state index in [2.05, 4.69) is 21.6 Å². The van der Waals surface area contributed by atoms with Crippen LogP contribution in [0, 0.1) is 11.3 Å². The molecule has 0 spiro atoms. The van der Waals surface area contributed by atoms with E-state index < -0.39 is 0 Å². The molecule has 1 aromatic heterocycles. The second-order valence-corrected chi connectivity index (χ2v) is 4.85. The van der Waals surface area contributed by atoms with Gasteiger partial charge >= 0.3 is 0 Å². The van der Waals surface area contributed by atoms with Crippen LogP contribution in [0.5, 0.6) is 0 Å². The Morgan fingerprint density at radius 3 is 2.68 bits per heavy atom. The second-order valence-electron chi connectivity index (χ2n) is 3.69. The highest BCUT2D eigenvalue weighted by Gasteiger charge is 2.18. The minimum Gasteiger partial charge on any atom is -0.368 e. The molecule has 0 fully saturated rings. The minimum atomic E-state index is 0.254. The molecule has 0 radical (unpaired) electrons. The molecule has 0 saturated carbocycles. The highest BCUT2D eigenvalue weighted by Crippen LogP contribution is 2.39. The van der Waals surface area contributed by atoms with Crippen LogP contribution >= 0.6 is 34.8 Å². The lowest BCUT2D eigenvalue weighted by Gasteiger charge is -2.05.